The second-order valence-electron chi connectivity index (χ2n) is 10.7. The van der Waals surface area contributed by atoms with Crippen LogP contribution in [0.3, 0.4) is 0 Å². The zero-order valence-corrected chi connectivity index (χ0v) is 21.5. The van der Waals surface area contributed by atoms with Gasteiger partial charge in [0.05, 0.1) is 35.0 Å². The van der Waals surface area contributed by atoms with Crippen molar-refractivity contribution in [2.75, 3.05) is 18.4 Å². The molecule has 8 rings (SSSR count). The Hall–Kier alpha value is -4.27. The Morgan fingerprint density at radius 3 is 2.69 bits per heavy atom. The van der Waals surface area contributed by atoms with Crippen LogP contribution in [0.1, 0.15) is 41.1 Å². The third-order valence-electron chi connectivity index (χ3n) is 8.11. The van der Waals surface area contributed by atoms with Gasteiger partial charge < -0.3 is 5.32 Å². The van der Waals surface area contributed by atoms with Crippen LogP contribution in [0.5, 0.6) is 0 Å². The van der Waals surface area contributed by atoms with Crippen LogP contribution in [0, 0.1) is 0 Å². The summed E-state index contributed by atoms with van der Waals surface area (Å²) in [4.78, 5) is 25.8. The summed E-state index contributed by atoms with van der Waals surface area (Å²) in [7, 11) is 0. The van der Waals surface area contributed by atoms with Crippen molar-refractivity contribution in [3.05, 3.63) is 102 Å². The highest BCUT2D eigenvalue weighted by atomic mass is 15.3. The van der Waals surface area contributed by atoms with Crippen LogP contribution in [0.4, 0.5) is 5.69 Å². The van der Waals surface area contributed by atoms with Crippen molar-refractivity contribution >= 4 is 11.4 Å². The number of hydrogen-bond acceptors (Lipinski definition) is 8. The summed E-state index contributed by atoms with van der Waals surface area (Å²) in [6.45, 7) is 3.28. The molecular weight excluding hydrogens is 484 g/mol. The molecule has 8 nitrogen and oxygen atoms in total. The molecule has 4 aliphatic rings. The number of nitrogens with zero attached hydrogens (tertiary/aromatic N) is 6. The Kier molecular flexibility index (Phi) is 5.34. The van der Waals surface area contributed by atoms with Gasteiger partial charge in [0.25, 0.3) is 0 Å². The number of aliphatic imine (C=N–C) groups is 1. The van der Waals surface area contributed by atoms with Gasteiger partial charge >= 0.3 is 0 Å². The minimum Gasteiger partial charge on any atom is -0.352 e. The average molecular weight is 513 g/mol. The van der Waals surface area contributed by atoms with E-state index in [2.05, 4.69) is 54.8 Å². The lowest BCUT2D eigenvalue weighted by atomic mass is 9.92. The van der Waals surface area contributed by atoms with E-state index in [9.17, 15) is 0 Å². The first-order valence-electron chi connectivity index (χ1n) is 13.7. The lowest BCUT2D eigenvalue weighted by molar-refractivity contribution is 0.331. The molecule has 2 N–H and O–H groups in total. The smallest absolute Gasteiger partial charge is 0.121 e. The van der Waals surface area contributed by atoms with Gasteiger partial charge in [-0.05, 0) is 61.7 Å². The number of hydrogen-bond donors (Lipinski definition) is 2. The largest absolute Gasteiger partial charge is 0.352 e. The van der Waals surface area contributed by atoms with E-state index in [1.807, 2.05) is 43.2 Å². The molecule has 4 aliphatic heterocycles. The maximum Gasteiger partial charge on any atom is 0.121 e. The van der Waals surface area contributed by atoms with Gasteiger partial charge in [-0.15, -0.1) is 0 Å². The quantitative estimate of drug-likeness (QED) is 0.379. The molecule has 8 heterocycles. The number of fused-ring (bicyclic) bond motifs is 4. The number of nitrogens with one attached hydrogen (secondary N) is 2. The van der Waals surface area contributed by atoms with Gasteiger partial charge in [-0.25, -0.2) is 0 Å². The highest BCUT2D eigenvalue weighted by Gasteiger charge is 2.44. The van der Waals surface area contributed by atoms with Crippen LogP contribution >= 0.6 is 0 Å². The van der Waals surface area contributed by atoms with E-state index in [1.54, 1.807) is 6.20 Å². The van der Waals surface area contributed by atoms with Crippen molar-refractivity contribution < 1.29 is 0 Å². The molecule has 0 aliphatic carbocycles. The summed E-state index contributed by atoms with van der Waals surface area (Å²) >= 11 is 0. The summed E-state index contributed by atoms with van der Waals surface area (Å²) in [6, 6.07) is 8.69. The SMILES string of the molecule is C1=C(C2=NC3NC3c3cnc(-c4cncc(CN5CCCC5)c4)cc32)Nc2cncc(-c3cccnc3)c2C1. The first kappa shape index (κ1) is 22.7. The van der Waals surface area contributed by atoms with Crippen LogP contribution in [0.2, 0.25) is 0 Å². The lowest BCUT2D eigenvalue weighted by Gasteiger charge is -2.25. The average Bonchev–Trinajstić information content (AvgIpc) is 3.61. The Morgan fingerprint density at radius 1 is 0.897 bits per heavy atom. The van der Waals surface area contributed by atoms with Crippen LogP contribution in [-0.4, -0.2) is 49.8 Å². The molecule has 0 saturated carbocycles. The molecule has 2 unspecified atom stereocenters. The summed E-state index contributed by atoms with van der Waals surface area (Å²) in [5.74, 6) is 0. The van der Waals surface area contributed by atoms with E-state index in [-0.39, 0.29) is 12.2 Å². The van der Waals surface area contributed by atoms with Gasteiger partial charge in [0.1, 0.15) is 6.17 Å². The first-order chi connectivity index (χ1) is 19.3. The first-order valence-corrected chi connectivity index (χ1v) is 13.7. The van der Waals surface area contributed by atoms with Crippen molar-refractivity contribution in [2.45, 2.75) is 38.0 Å². The monoisotopic (exact) mass is 512 g/mol. The van der Waals surface area contributed by atoms with E-state index >= 15 is 0 Å². The van der Waals surface area contributed by atoms with E-state index in [1.165, 1.54) is 42.6 Å². The normalized spacial score (nSPS) is 21.2. The minimum absolute atomic E-state index is 0.106. The van der Waals surface area contributed by atoms with Crippen molar-refractivity contribution in [1.82, 2.24) is 30.2 Å². The summed E-state index contributed by atoms with van der Waals surface area (Å²) in [5, 5.41) is 7.14. The molecule has 8 heteroatoms. The molecule has 0 radical (unpaired) electrons. The molecule has 0 spiro atoms. The van der Waals surface area contributed by atoms with Crippen LogP contribution in [-0.2, 0) is 13.0 Å². The van der Waals surface area contributed by atoms with Crippen molar-refractivity contribution in [3.63, 3.8) is 0 Å². The molecule has 4 aromatic heterocycles. The van der Waals surface area contributed by atoms with Crippen molar-refractivity contribution in [1.29, 1.82) is 0 Å². The fraction of sp³-hybridized carbons (Fsp3) is 0.258. The van der Waals surface area contributed by atoms with Gasteiger partial charge in [0.15, 0.2) is 0 Å². The maximum absolute atomic E-state index is 5.09. The predicted octanol–water partition coefficient (Wildman–Crippen LogP) is 4.52. The third kappa shape index (κ3) is 4.13. The lowest BCUT2D eigenvalue weighted by Crippen LogP contribution is -2.22. The van der Waals surface area contributed by atoms with Crippen molar-refractivity contribution in [2.24, 2.45) is 4.99 Å². The van der Waals surface area contributed by atoms with Gasteiger partial charge in [0, 0.05) is 71.5 Å². The van der Waals surface area contributed by atoms with Gasteiger partial charge in [-0.1, -0.05) is 12.1 Å². The zero-order chi connectivity index (χ0) is 25.8. The molecule has 2 atom stereocenters. The number of pyridine rings is 4. The second-order valence-corrected chi connectivity index (χ2v) is 10.7. The fourth-order valence-electron chi connectivity index (χ4n) is 6.05. The molecule has 0 aromatic carbocycles. The van der Waals surface area contributed by atoms with Gasteiger partial charge in [0.2, 0.25) is 0 Å². The number of allylic oxidation sites excluding steroid dienone is 2. The van der Waals surface area contributed by atoms with E-state index in [4.69, 9.17) is 9.98 Å². The second kappa shape index (κ2) is 9.18. The minimum atomic E-state index is 0.106. The number of anilines is 1. The molecule has 39 heavy (non-hydrogen) atoms. The number of likely N-dealkylation sites (tertiary alicyclic amines) is 1. The molecule has 2 fully saturated rings. The van der Waals surface area contributed by atoms with Gasteiger partial charge in [-0.3, -0.25) is 35.1 Å². The Bertz CT molecular complexity index is 1640. The Labute approximate surface area is 227 Å². The molecule has 4 aromatic rings. The molecule has 0 bridgehead atoms. The highest BCUT2D eigenvalue weighted by Crippen LogP contribution is 2.41. The maximum atomic E-state index is 5.09. The standard InChI is InChI=1S/C31H28N8/c1-2-9-39(8-1)18-19-10-21(14-33-12-19)27-11-23-25(16-35-27)30-31(38-30)37-29(23)26-6-5-22-24(15-34-17-28(22)36-26)20-4-3-7-32-13-20/h3-4,6-7,10-17,30-31,36,38H,1-2,5,8-9,18H2. The molecule has 2 saturated heterocycles. The van der Waals surface area contributed by atoms with Gasteiger partial charge in [-0.2, -0.15) is 0 Å². The summed E-state index contributed by atoms with van der Waals surface area (Å²) < 4.78 is 0. The number of rotatable bonds is 5. The van der Waals surface area contributed by atoms with E-state index in [0.29, 0.717) is 0 Å². The van der Waals surface area contributed by atoms with Crippen molar-refractivity contribution in [3.8, 4) is 22.4 Å². The zero-order valence-electron chi connectivity index (χ0n) is 21.5. The molecule has 192 valence electrons. The topological polar surface area (TPSA) is 101 Å². The predicted molar refractivity (Wildman–Crippen MR) is 151 cm³/mol. The van der Waals surface area contributed by atoms with E-state index < -0.39 is 0 Å². The summed E-state index contributed by atoms with van der Waals surface area (Å²) in [6.07, 6.45) is 19.1. The molecule has 0 amide bonds. The molecular formula is C31H28N8. The number of aromatic nitrogens is 4. The highest BCUT2D eigenvalue weighted by molar-refractivity contribution is 6.16. The van der Waals surface area contributed by atoms with Crippen LogP contribution in [0.25, 0.3) is 22.4 Å². The fourth-order valence-corrected chi connectivity index (χ4v) is 6.05. The Morgan fingerprint density at radius 2 is 1.79 bits per heavy atom. The van der Waals surface area contributed by atoms with Crippen LogP contribution in [0.15, 0.2) is 84.4 Å². The third-order valence-corrected chi connectivity index (χ3v) is 8.11. The summed E-state index contributed by atoms with van der Waals surface area (Å²) in [5.41, 5.74) is 11.9. The Balaban J connectivity index is 1.12. The van der Waals surface area contributed by atoms with E-state index in [0.717, 1.165) is 58.0 Å². The van der Waals surface area contributed by atoms with Crippen LogP contribution < -0.4 is 10.6 Å².